The van der Waals surface area contributed by atoms with Crippen molar-refractivity contribution in [3.05, 3.63) is 42.4 Å². The highest BCUT2D eigenvalue weighted by atomic mass is 16.5. The van der Waals surface area contributed by atoms with Crippen molar-refractivity contribution in [2.24, 2.45) is 5.73 Å². The fourth-order valence-electron chi connectivity index (χ4n) is 3.61. The summed E-state index contributed by atoms with van der Waals surface area (Å²) in [4.78, 5) is 8.15. The van der Waals surface area contributed by atoms with Crippen LogP contribution in [0.3, 0.4) is 0 Å². The number of hydrogen-bond donors (Lipinski definition) is 3. The van der Waals surface area contributed by atoms with Gasteiger partial charge in [-0.1, -0.05) is 6.07 Å². The van der Waals surface area contributed by atoms with Gasteiger partial charge >= 0.3 is 0 Å². The Kier molecular flexibility index (Phi) is 5.77. The Labute approximate surface area is 174 Å². The summed E-state index contributed by atoms with van der Waals surface area (Å²) in [7, 11) is 1.63. The summed E-state index contributed by atoms with van der Waals surface area (Å²) in [5.74, 6) is 2.45. The van der Waals surface area contributed by atoms with E-state index in [4.69, 9.17) is 20.5 Å². The molecule has 1 saturated carbocycles. The molecule has 0 saturated heterocycles. The first kappa shape index (κ1) is 19.7. The van der Waals surface area contributed by atoms with Gasteiger partial charge < -0.3 is 20.5 Å². The summed E-state index contributed by atoms with van der Waals surface area (Å²) >= 11 is 0. The van der Waals surface area contributed by atoms with Gasteiger partial charge in [0.05, 0.1) is 30.8 Å². The second kappa shape index (κ2) is 8.80. The van der Waals surface area contributed by atoms with Crippen molar-refractivity contribution in [2.45, 2.75) is 37.8 Å². The van der Waals surface area contributed by atoms with Crippen LogP contribution in [0.1, 0.15) is 31.4 Å². The Balaban J connectivity index is 1.59. The van der Waals surface area contributed by atoms with Gasteiger partial charge in [0.25, 0.3) is 0 Å². The first-order chi connectivity index (χ1) is 14.7. The zero-order valence-electron chi connectivity index (χ0n) is 16.6. The summed E-state index contributed by atoms with van der Waals surface area (Å²) in [6, 6.07) is 9.68. The normalized spacial score (nSPS) is 18.4. The lowest BCUT2D eigenvalue weighted by Gasteiger charge is -2.28. The molecule has 3 aromatic rings. The van der Waals surface area contributed by atoms with Crippen molar-refractivity contribution in [2.75, 3.05) is 12.4 Å². The summed E-state index contributed by atoms with van der Waals surface area (Å²) in [6.07, 6.45) is 6.89. The number of anilines is 2. The van der Waals surface area contributed by atoms with Gasteiger partial charge in [-0.2, -0.15) is 10.4 Å². The van der Waals surface area contributed by atoms with Crippen LogP contribution < -0.4 is 20.5 Å². The van der Waals surface area contributed by atoms with Crippen LogP contribution in [0.4, 0.5) is 11.6 Å². The Bertz CT molecular complexity index is 1040. The number of nitrogens with two attached hydrogens (primary N) is 1. The number of hydrogen-bond acceptors (Lipinski definition) is 8. The molecule has 0 radical (unpaired) electrons. The molecule has 9 nitrogen and oxygen atoms in total. The van der Waals surface area contributed by atoms with Crippen molar-refractivity contribution in [1.82, 2.24) is 20.2 Å². The molecule has 2 heterocycles. The van der Waals surface area contributed by atoms with Gasteiger partial charge in [0.2, 0.25) is 0 Å². The number of rotatable bonds is 6. The van der Waals surface area contributed by atoms with Crippen molar-refractivity contribution in [3.63, 3.8) is 0 Å². The van der Waals surface area contributed by atoms with Crippen LogP contribution in [-0.2, 0) is 0 Å². The van der Waals surface area contributed by atoms with E-state index < -0.39 is 0 Å². The second-order valence-corrected chi connectivity index (χ2v) is 7.19. The summed E-state index contributed by atoms with van der Waals surface area (Å²) in [6.45, 7) is 0. The van der Waals surface area contributed by atoms with E-state index in [9.17, 15) is 0 Å². The minimum Gasteiger partial charge on any atom is -0.496 e. The maximum Gasteiger partial charge on any atom is 0.158 e. The third kappa shape index (κ3) is 4.34. The van der Waals surface area contributed by atoms with Gasteiger partial charge in [0.15, 0.2) is 11.5 Å². The Morgan fingerprint density at radius 3 is 2.80 bits per heavy atom. The minimum atomic E-state index is 0.0778. The molecule has 0 amide bonds. The van der Waals surface area contributed by atoms with Crippen LogP contribution in [0, 0.1) is 11.3 Å². The average molecular weight is 405 g/mol. The van der Waals surface area contributed by atoms with Crippen molar-refractivity contribution >= 4 is 11.6 Å². The summed E-state index contributed by atoms with van der Waals surface area (Å²) in [5, 5.41) is 19.2. The first-order valence-electron chi connectivity index (χ1n) is 9.80. The molecule has 154 valence electrons. The molecule has 2 atom stereocenters. The standard InChI is InChI=1S/C21H23N7O2/c1-29-17-6-3-7-18(30-15-5-2-4-13(23)8-15)21(17)16-9-19(28-27-16)26-20-12-24-14(10-22)11-25-20/h3,6-7,9,11-13,15H,2,4-5,8,23H2,1H3,(H2,25,26,27,28)/t13-,15-/m1/s1. The maximum absolute atomic E-state index is 8.83. The number of nitriles is 1. The van der Waals surface area contributed by atoms with Gasteiger partial charge in [-0.05, 0) is 37.8 Å². The van der Waals surface area contributed by atoms with Crippen molar-refractivity contribution in [3.8, 4) is 28.8 Å². The van der Waals surface area contributed by atoms with Crippen LogP contribution >= 0.6 is 0 Å². The van der Waals surface area contributed by atoms with Gasteiger partial charge in [-0.15, -0.1) is 0 Å². The number of ether oxygens (including phenoxy) is 2. The number of benzene rings is 1. The van der Waals surface area contributed by atoms with Gasteiger partial charge in [-0.3, -0.25) is 5.10 Å². The van der Waals surface area contributed by atoms with E-state index in [-0.39, 0.29) is 17.8 Å². The predicted molar refractivity (Wildman–Crippen MR) is 111 cm³/mol. The molecule has 1 aliphatic rings. The molecule has 4 rings (SSSR count). The SMILES string of the molecule is COc1cccc(O[C@@H]2CCC[C@@H](N)C2)c1-c1cc(Nc2cnc(C#N)cn2)n[nH]1. The molecule has 0 aliphatic heterocycles. The Morgan fingerprint density at radius 2 is 2.07 bits per heavy atom. The first-order valence-corrected chi connectivity index (χ1v) is 9.80. The molecule has 1 fully saturated rings. The molecule has 0 bridgehead atoms. The van der Waals surface area contributed by atoms with Gasteiger partial charge in [-0.25, -0.2) is 9.97 Å². The Hall–Kier alpha value is -3.64. The number of aromatic amines is 1. The highest BCUT2D eigenvalue weighted by molar-refractivity contribution is 5.76. The monoisotopic (exact) mass is 405 g/mol. The molecule has 30 heavy (non-hydrogen) atoms. The van der Waals surface area contributed by atoms with E-state index in [1.54, 1.807) is 7.11 Å². The van der Waals surface area contributed by atoms with Gasteiger partial charge in [0.1, 0.15) is 29.5 Å². The third-order valence-corrected chi connectivity index (χ3v) is 5.04. The number of nitrogens with zero attached hydrogens (tertiary/aromatic N) is 4. The molecule has 0 unspecified atom stereocenters. The van der Waals surface area contributed by atoms with Crippen LogP contribution in [0.2, 0.25) is 0 Å². The lowest BCUT2D eigenvalue weighted by Crippen LogP contribution is -2.33. The predicted octanol–water partition coefficient (Wildman–Crippen LogP) is 3.14. The largest absolute Gasteiger partial charge is 0.496 e. The van der Waals surface area contributed by atoms with Gasteiger partial charge in [0, 0.05) is 12.1 Å². The van der Waals surface area contributed by atoms with E-state index in [0.717, 1.165) is 42.7 Å². The fraction of sp³-hybridized carbons (Fsp3) is 0.333. The topological polar surface area (TPSA) is 135 Å². The molecular formula is C21H23N7O2. The number of aromatic nitrogens is 4. The third-order valence-electron chi connectivity index (χ3n) is 5.04. The lowest BCUT2D eigenvalue weighted by molar-refractivity contribution is 0.145. The van der Waals surface area contributed by atoms with Crippen LogP contribution in [-0.4, -0.2) is 39.4 Å². The lowest BCUT2D eigenvalue weighted by atomic mass is 9.93. The number of nitrogens with one attached hydrogen (secondary N) is 2. The van der Waals surface area contributed by atoms with Crippen LogP contribution in [0.15, 0.2) is 36.7 Å². The highest BCUT2D eigenvalue weighted by Gasteiger charge is 2.23. The molecule has 0 spiro atoms. The average Bonchev–Trinajstić information content (AvgIpc) is 3.22. The Morgan fingerprint density at radius 1 is 1.20 bits per heavy atom. The highest BCUT2D eigenvalue weighted by Crippen LogP contribution is 2.39. The van der Waals surface area contributed by atoms with E-state index in [1.807, 2.05) is 30.3 Å². The molecule has 9 heteroatoms. The van der Waals surface area contributed by atoms with E-state index in [0.29, 0.717) is 17.4 Å². The minimum absolute atomic E-state index is 0.0778. The second-order valence-electron chi connectivity index (χ2n) is 7.19. The zero-order chi connectivity index (χ0) is 20.9. The van der Waals surface area contributed by atoms with Crippen molar-refractivity contribution in [1.29, 1.82) is 5.26 Å². The number of H-pyrrole nitrogens is 1. The van der Waals surface area contributed by atoms with E-state index >= 15 is 0 Å². The molecule has 1 aromatic carbocycles. The molecular weight excluding hydrogens is 382 g/mol. The summed E-state index contributed by atoms with van der Waals surface area (Å²) < 4.78 is 11.9. The summed E-state index contributed by atoms with van der Waals surface area (Å²) in [5.41, 5.74) is 7.91. The van der Waals surface area contributed by atoms with E-state index in [2.05, 4.69) is 25.5 Å². The fourth-order valence-corrected chi connectivity index (χ4v) is 3.61. The number of methoxy groups -OCH3 is 1. The van der Waals surface area contributed by atoms with Crippen LogP contribution in [0.25, 0.3) is 11.3 Å². The van der Waals surface area contributed by atoms with E-state index in [1.165, 1.54) is 12.4 Å². The molecule has 4 N–H and O–H groups in total. The smallest absolute Gasteiger partial charge is 0.158 e. The maximum atomic E-state index is 8.83. The molecule has 2 aromatic heterocycles. The van der Waals surface area contributed by atoms with Crippen LogP contribution in [0.5, 0.6) is 11.5 Å². The zero-order valence-corrected chi connectivity index (χ0v) is 16.6. The van der Waals surface area contributed by atoms with Crippen molar-refractivity contribution < 1.29 is 9.47 Å². The quantitative estimate of drug-likeness (QED) is 0.569. The molecule has 1 aliphatic carbocycles.